The fourth-order valence-corrected chi connectivity index (χ4v) is 7.50. The van der Waals surface area contributed by atoms with Gasteiger partial charge in [0.25, 0.3) is 0 Å². The lowest BCUT2D eigenvalue weighted by atomic mass is 9.98. The fraction of sp³-hybridized carbons (Fsp3) is 0.286. The Balaban J connectivity index is 0.958. The number of nitrogens with one attached hydrogen (secondary N) is 1. The maximum absolute atomic E-state index is 12.9. The number of likely N-dealkylation sites (tertiary alicyclic amines) is 1. The maximum atomic E-state index is 12.9. The van der Waals surface area contributed by atoms with Gasteiger partial charge in [0, 0.05) is 37.0 Å². The highest BCUT2D eigenvalue weighted by atomic mass is 35.5. The number of esters is 1. The molecule has 0 bridgehead atoms. The van der Waals surface area contributed by atoms with Crippen molar-refractivity contribution in [2.45, 2.75) is 38.1 Å². The molecule has 3 aromatic carbocycles. The van der Waals surface area contributed by atoms with Crippen LogP contribution in [0.1, 0.15) is 48.8 Å². The molecule has 0 radical (unpaired) electrons. The van der Waals surface area contributed by atoms with Crippen molar-refractivity contribution in [1.29, 1.82) is 0 Å². The number of thiophene rings is 1. The lowest BCUT2D eigenvalue weighted by Crippen LogP contribution is -2.47. The summed E-state index contributed by atoms with van der Waals surface area (Å²) in [6.45, 7) is 3.02. The van der Waals surface area contributed by atoms with Gasteiger partial charge in [-0.2, -0.15) is 0 Å². The number of nitrogens with zero attached hydrogens (tertiary/aromatic N) is 1. The molecule has 0 spiro atoms. The molecular weight excluding hydrogens is 615 g/mol. The van der Waals surface area contributed by atoms with E-state index in [0.717, 1.165) is 21.2 Å². The van der Waals surface area contributed by atoms with Crippen LogP contribution in [0.3, 0.4) is 0 Å². The van der Waals surface area contributed by atoms with Gasteiger partial charge >= 0.3 is 5.97 Å². The van der Waals surface area contributed by atoms with Gasteiger partial charge in [-0.15, -0.1) is 11.3 Å². The van der Waals surface area contributed by atoms with Gasteiger partial charge in [0.05, 0.1) is 21.2 Å². The largest absolute Gasteiger partial charge is 0.465 e. The van der Waals surface area contributed by atoms with Crippen LogP contribution in [-0.2, 0) is 19.1 Å². The van der Waals surface area contributed by atoms with E-state index in [-0.39, 0.29) is 42.8 Å². The summed E-state index contributed by atoms with van der Waals surface area (Å²) in [5.41, 5.74) is 5.35. The third-order valence-electron chi connectivity index (χ3n) is 8.50. The van der Waals surface area contributed by atoms with E-state index in [1.807, 2.05) is 41.8 Å². The number of hydrogen-bond donors (Lipinski definition) is 1. The van der Waals surface area contributed by atoms with Crippen molar-refractivity contribution in [2.75, 3.05) is 19.7 Å². The van der Waals surface area contributed by atoms with Gasteiger partial charge in [0.1, 0.15) is 6.61 Å². The minimum Gasteiger partial charge on any atom is -0.465 e. The van der Waals surface area contributed by atoms with Crippen LogP contribution in [0.5, 0.6) is 0 Å². The molecule has 0 unspecified atom stereocenters. The SMILES string of the molecule is C[C@@H](CC(=O)OCC1c2ccccc2-c2ccccc21)C(=O)NC1CCN(C(=O)/C=C/c2cc3ccsc3c(Cl)c2Cl)CC1. The molecule has 1 N–H and O–H groups in total. The summed E-state index contributed by atoms with van der Waals surface area (Å²) in [6.07, 6.45) is 4.50. The summed E-state index contributed by atoms with van der Waals surface area (Å²) < 4.78 is 6.62. The fourth-order valence-electron chi connectivity index (χ4n) is 6.06. The van der Waals surface area contributed by atoms with Crippen molar-refractivity contribution >= 4 is 68.5 Å². The van der Waals surface area contributed by atoms with E-state index in [0.29, 0.717) is 41.5 Å². The summed E-state index contributed by atoms with van der Waals surface area (Å²) >= 11 is 14.4. The molecule has 1 saturated heterocycles. The predicted octanol–water partition coefficient (Wildman–Crippen LogP) is 7.71. The Morgan fingerprint density at radius 3 is 2.34 bits per heavy atom. The molecule has 2 aliphatic rings. The summed E-state index contributed by atoms with van der Waals surface area (Å²) in [7, 11) is 0. The van der Waals surface area contributed by atoms with Crippen molar-refractivity contribution in [3.63, 3.8) is 0 Å². The summed E-state index contributed by atoms with van der Waals surface area (Å²) in [6, 6.07) is 20.2. The lowest BCUT2D eigenvalue weighted by Gasteiger charge is -2.32. The first-order valence-corrected chi connectivity index (χ1v) is 16.4. The zero-order valence-electron chi connectivity index (χ0n) is 24.2. The van der Waals surface area contributed by atoms with E-state index < -0.39 is 5.92 Å². The van der Waals surface area contributed by atoms with Crippen molar-refractivity contribution in [1.82, 2.24) is 10.2 Å². The molecule has 44 heavy (non-hydrogen) atoms. The van der Waals surface area contributed by atoms with Crippen LogP contribution >= 0.6 is 34.5 Å². The molecule has 6 rings (SSSR count). The molecule has 1 aliphatic carbocycles. The van der Waals surface area contributed by atoms with Crippen LogP contribution in [0.2, 0.25) is 10.0 Å². The second kappa shape index (κ2) is 13.1. The first kappa shape index (κ1) is 30.4. The maximum Gasteiger partial charge on any atom is 0.306 e. The third kappa shape index (κ3) is 6.27. The molecular formula is C35H32Cl2N2O4S. The van der Waals surface area contributed by atoms with Crippen LogP contribution < -0.4 is 5.32 Å². The van der Waals surface area contributed by atoms with Crippen molar-refractivity contribution < 1.29 is 19.1 Å². The highest BCUT2D eigenvalue weighted by Gasteiger charge is 2.30. The number of carbonyl (C=O) groups excluding carboxylic acids is 3. The van der Waals surface area contributed by atoms with E-state index in [1.54, 1.807) is 17.9 Å². The smallest absolute Gasteiger partial charge is 0.306 e. The van der Waals surface area contributed by atoms with E-state index in [4.69, 9.17) is 27.9 Å². The molecule has 1 fully saturated rings. The zero-order chi connectivity index (χ0) is 30.8. The van der Waals surface area contributed by atoms with Crippen molar-refractivity contribution in [3.05, 3.63) is 98.9 Å². The Hall–Kier alpha value is -3.65. The van der Waals surface area contributed by atoms with Crippen LogP contribution in [0.15, 0.2) is 72.1 Å². The summed E-state index contributed by atoms with van der Waals surface area (Å²) in [5, 5.41) is 6.93. The molecule has 9 heteroatoms. The number of carbonyl (C=O) groups is 3. The van der Waals surface area contributed by atoms with Gasteiger partial charge in [0.15, 0.2) is 0 Å². The Kier molecular flexibility index (Phi) is 9.08. The van der Waals surface area contributed by atoms with Crippen LogP contribution in [0, 0.1) is 5.92 Å². The number of amides is 2. The van der Waals surface area contributed by atoms with Crippen LogP contribution in [0.4, 0.5) is 0 Å². The molecule has 1 aliphatic heterocycles. The zero-order valence-corrected chi connectivity index (χ0v) is 26.6. The number of piperidine rings is 1. The molecule has 1 atom stereocenters. The van der Waals surface area contributed by atoms with E-state index >= 15 is 0 Å². The molecule has 0 saturated carbocycles. The third-order valence-corrected chi connectivity index (χ3v) is 10.4. The van der Waals surface area contributed by atoms with E-state index in [1.165, 1.54) is 28.5 Å². The van der Waals surface area contributed by atoms with E-state index in [2.05, 4.69) is 29.6 Å². The molecule has 2 heterocycles. The number of hydrogen-bond acceptors (Lipinski definition) is 5. The number of fused-ring (bicyclic) bond motifs is 4. The predicted molar refractivity (Wildman–Crippen MR) is 177 cm³/mol. The average molecular weight is 648 g/mol. The Morgan fingerprint density at radius 1 is 1.00 bits per heavy atom. The Bertz CT molecular complexity index is 1710. The standard InChI is InChI=1S/C35H32Cl2N2O4S/c1-21(18-31(41)43-20-29-27-8-4-2-6-25(27)26-7-3-5-9-28(26)29)35(42)38-24-12-15-39(16-13-24)30(40)11-10-22-19-23-14-17-44-34(23)33(37)32(22)36/h2-11,14,17,19,21,24,29H,12-13,15-16,18,20H2,1H3,(H,38,42)/b11-10+/t21-/m0/s1. The minimum absolute atomic E-state index is 0.00766. The van der Waals surface area contributed by atoms with E-state index in [9.17, 15) is 14.4 Å². The summed E-state index contributed by atoms with van der Waals surface area (Å²) in [5.74, 6) is -1.22. The Labute approximate surface area is 270 Å². The van der Waals surface area contributed by atoms with Gasteiger partial charge < -0.3 is 15.0 Å². The van der Waals surface area contributed by atoms with Crippen LogP contribution in [0.25, 0.3) is 27.3 Å². The molecule has 4 aromatic rings. The molecule has 6 nitrogen and oxygen atoms in total. The minimum atomic E-state index is -0.523. The second-order valence-electron chi connectivity index (χ2n) is 11.4. The summed E-state index contributed by atoms with van der Waals surface area (Å²) in [4.78, 5) is 40.3. The Morgan fingerprint density at radius 2 is 1.66 bits per heavy atom. The molecule has 2 amide bonds. The highest BCUT2D eigenvalue weighted by Crippen LogP contribution is 2.44. The monoisotopic (exact) mass is 646 g/mol. The molecule has 226 valence electrons. The highest BCUT2D eigenvalue weighted by molar-refractivity contribution is 7.18. The number of halogens is 2. The quantitative estimate of drug-likeness (QED) is 0.157. The van der Waals surface area contributed by atoms with Gasteiger partial charge in [-0.25, -0.2) is 0 Å². The molecule has 1 aromatic heterocycles. The number of rotatable bonds is 8. The van der Waals surface area contributed by atoms with Crippen molar-refractivity contribution in [2.24, 2.45) is 5.92 Å². The van der Waals surface area contributed by atoms with Gasteiger partial charge in [-0.05, 0) is 69.6 Å². The van der Waals surface area contributed by atoms with Gasteiger partial charge in [0.2, 0.25) is 11.8 Å². The van der Waals surface area contributed by atoms with Gasteiger partial charge in [-0.1, -0.05) is 78.7 Å². The topological polar surface area (TPSA) is 75.7 Å². The van der Waals surface area contributed by atoms with Crippen molar-refractivity contribution in [3.8, 4) is 11.1 Å². The van der Waals surface area contributed by atoms with Gasteiger partial charge in [-0.3, -0.25) is 14.4 Å². The normalized spacial score (nSPS) is 15.8. The first-order chi connectivity index (χ1) is 21.3. The lowest BCUT2D eigenvalue weighted by molar-refractivity contribution is -0.147. The average Bonchev–Trinajstić information content (AvgIpc) is 3.64. The number of benzene rings is 3. The van der Waals surface area contributed by atoms with Crippen LogP contribution in [-0.4, -0.2) is 48.4 Å². The second-order valence-corrected chi connectivity index (χ2v) is 13.1. The first-order valence-electron chi connectivity index (χ1n) is 14.8. The number of ether oxygens (including phenoxy) is 1.